The van der Waals surface area contributed by atoms with Crippen molar-refractivity contribution in [3.8, 4) is 16.7 Å². The number of ether oxygens (including phenoxy) is 2. The predicted molar refractivity (Wildman–Crippen MR) is 137 cm³/mol. The summed E-state index contributed by atoms with van der Waals surface area (Å²) >= 11 is 7.69. The molecule has 4 rings (SSSR count). The summed E-state index contributed by atoms with van der Waals surface area (Å²) in [6.45, 7) is 2.55. The van der Waals surface area contributed by atoms with Gasteiger partial charge in [0.25, 0.3) is 17.0 Å². The predicted octanol–water partition coefficient (Wildman–Crippen LogP) is 4.90. The van der Waals surface area contributed by atoms with Gasteiger partial charge in [-0.1, -0.05) is 29.0 Å². The smallest absolute Gasteiger partial charge is 0.293 e. The molecule has 0 aliphatic heterocycles. The zero-order chi connectivity index (χ0) is 25.5. The SMILES string of the molecule is CONC(=O)c1cc(C(=O)N[C@@H](C)/C=C/c2cnc(Oc3ccc(OCC4CC4)cc3Cl)s2)ccn1. The van der Waals surface area contributed by atoms with E-state index >= 15 is 0 Å². The Bertz CT molecular complexity index is 1260. The first kappa shape index (κ1) is 25.6. The Labute approximate surface area is 217 Å². The zero-order valence-electron chi connectivity index (χ0n) is 19.7. The third kappa shape index (κ3) is 7.27. The van der Waals surface area contributed by atoms with Crippen molar-refractivity contribution < 1.29 is 23.9 Å². The summed E-state index contributed by atoms with van der Waals surface area (Å²) in [4.78, 5) is 38.0. The number of nitrogens with one attached hydrogen (secondary N) is 2. The van der Waals surface area contributed by atoms with Gasteiger partial charge in [-0.2, -0.15) is 0 Å². The van der Waals surface area contributed by atoms with Gasteiger partial charge in [0.1, 0.15) is 17.2 Å². The van der Waals surface area contributed by atoms with Crippen LogP contribution in [0.3, 0.4) is 0 Å². The molecular weight excluding hydrogens is 504 g/mol. The van der Waals surface area contributed by atoms with Crippen molar-refractivity contribution in [2.75, 3.05) is 13.7 Å². The van der Waals surface area contributed by atoms with Crippen molar-refractivity contribution in [2.45, 2.75) is 25.8 Å². The number of carbonyl (C=O) groups is 2. The molecule has 188 valence electrons. The van der Waals surface area contributed by atoms with Gasteiger partial charge in [0, 0.05) is 30.1 Å². The molecule has 2 heterocycles. The van der Waals surface area contributed by atoms with E-state index in [9.17, 15) is 9.59 Å². The lowest BCUT2D eigenvalue weighted by molar-refractivity contribution is 0.0532. The molecule has 1 aliphatic rings. The highest BCUT2D eigenvalue weighted by atomic mass is 35.5. The van der Waals surface area contributed by atoms with E-state index in [0.717, 1.165) is 10.6 Å². The van der Waals surface area contributed by atoms with Gasteiger partial charge >= 0.3 is 0 Å². The number of rotatable bonds is 11. The topological polar surface area (TPSA) is 112 Å². The van der Waals surface area contributed by atoms with Crippen LogP contribution in [0.4, 0.5) is 0 Å². The molecule has 0 spiro atoms. The maximum absolute atomic E-state index is 12.6. The van der Waals surface area contributed by atoms with Crippen LogP contribution in [0.5, 0.6) is 16.7 Å². The number of halogens is 1. The Morgan fingerprint density at radius 2 is 2.06 bits per heavy atom. The molecule has 3 aromatic rings. The van der Waals surface area contributed by atoms with Crippen LogP contribution in [0.2, 0.25) is 5.02 Å². The second-order valence-corrected chi connectivity index (χ2v) is 9.60. The van der Waals surface area contributed by atoms with E-state index in [2.05, 4.69) is 25.6 Å². The van der Waals surface area contributed by atoms with Crippen LogP contribution in [0.25, 0.3) is 6.08 Å². The average Bonchev–Trinajstić information content (AvgIpc) is 3.60. The van der Waals surface area contributed by atoms with Gasteiger partial charge in [-0.3, -0.25) is 19.4 Å². The van der Waals surface area contributed by atoms with E-state index in [4.69, 9.17) is 21.1 Å². The van der Waals surface area contributed by atoms with Gasteiger partial charge in [0.15, 0.2) is 0 Å². The number of pyridine rings is 1. The molecule has 0 bridgehead atoms. The molecule has 0 unspecified atom stereocenters. The van der Waals surface area contributed by atoms with E-state index in [-0.39, 0.29) is 17.6 Å². The molecule has 1 fully saturated rings. The molecule has 0 saturated heterocycles. The van der Waals surface area contributed by atoms with Crippen LogP contribution in [0.1, 0.15) is 45.5 Å². The maximum Gasteiger partial charge on any atom is 0.293 e. The quantitative estimate of drug-likeness (QED) is 0.340. The first-order valence-corrected chi connectivity index (χ1v) is 12.4. The fourth-order valence-electron chi connectivity index (χ4n) is 3.06. The molecule has 36 heavy (non-hydrogen) atoms. The molecule has 2 amide bonds. The van der Waals surface area contributed by atoms with Crippen molar-refractivity contribution in [2.24, 2.45) is 5.92 Å². The second-order valence-electron chi connectivity index (χ2n) is 8.16. The molecule has 1 aromatic carbocycles. The largest absolute Gasteiger partial charge is 0.493 e. The Balaban J connectivity index is 1.30. The van der Waals surface area contributed by atoms with E-state index in [0.29, 0.717) is 34.1 Å². The number of benzene rings is 1. The van der Waals surface area contributed by atoms with Crippen molar-refractivity contribution in [1.82, 2.24) is 20.8 Å². The van der Waals surface area contributed by atoms with Crippen LogP contribution in [0, 0.1) is 5.92 Å². The van der Waals surface area contributed by atoms with Gasteiger partial charge in [-0.25, -0.2) is 10.5 Å². The minimum atomic E-state index is -0.539. The number of thiazole rings is 1. The molecule has 2 aromatic heterocycles. The monoisotopic (exact) mass is 528 g/mol. The van der Waals surface area contributed by atoms with E-state index in [1.807, 2.05) is 25.1 Å². The summed E-state index contributed by atoms with van der Waals surface area (Å²) in [7, 11) is 1.32. The summed E-state index contributed by atoms with van der Waals surface area (Å²) in [6, 6.07) is 7.98. The van der Waals surface area contributed by atoms with Crippen LogP contribution in [-0.2, 0) is 4.84 Å². The first-order chi connectivity index (χ1) is 17.4. The third-order valence-corrected chi connectivity index (χ3v) is 6.28. The van der Waals surface area contributed by atoms with E-state index in [1.54, 1.807) is 18.3 Å². The Kier molecular flexibility index (Phi) is 8.52. The van der Waals surface area contributed by atoms with Gasteiger partial charge in [-0.05, 0) is 56.0 Å². The summed E-state index contributed by atoms with van der Waals surface area (Å²) in [6.07, 6.45) is 9.18. The van der Waals surface area contributed by atoms with Crippen LogP contribution in [0.15, 0.2) is 48.8 Å². The Hall–Kier alpha value is -3.47. The van der Waals surface area contributed by atoms with Gasteiger partial charge < -0.3 is 14.8 Å². The van der Waals surface area contributed by atoms with Crippen LogP contribution < -0.4 is 20.3 Å². The number of hydroxylamine groups is 1. The first-order valence-electron chi connectivity index (χ1n) is 11.3. The van der Waals surface area contributed by atoms with Gasteiger partial charge in [0.2, 0.25) is 0 Å². The number of hydrogen-bond acceptors (Lipinski definition) is 8. The standard InChI is InChI=1S/C25H25ClN4O5S/c1-15(29-23(31)17-9-10-27-21(11-17)24(32)30-33-2)3-7-19-13-28-25(36-19)35-22-8-6-18(12-20(22)26)34-14-16-4-5-16/h3,6-13,15-16H,4-5,14H2,1-2H3,(H,29,31)(H,30,32)/b7-3+/t15-/m0/s1. The van der Waals surface area contributed by atoms with Crippen molar-refractivity contribution in [3.63, 3.8) is 0 Å². The number of carbonyl (C=O) groups excluding carboxylic acids is 2. The second kappa shape index (κ2) is 12.0. The van der Waals surface area contributed by atoms with E-state index < -0.39 is 5.91 Å². The summed E-state index contributed by atoms with van der Waals surface area (Å²) in [5, 5.41) is 3.75. The molecule has 0 radical (unpaired) electrons. The molecule has 1 saturated carbocycles. The highest BCUT2D eigenvalue weighted by Gasteiger charge is 2.22. The highest BCUT2D eigenvalue weighted by Crippen LogP contribution is 2.35. The number of hydrogen-bond donors (Lipinski definition) is 2. The zero-order valence-corrected chi connectivity index (χ0v) is 21.3. The summed E-state index contributed by atoms with van der Waals surface area (Å²) in [5.41, 5.74) is 2.55. The van der Waals surface area contributed by atoms with Gasteiger partial charge in [-0.15, -0.1) is 0 Å². The number of aromatic nitrogens is 2. The maximum atomic E-state index is 12.6. The van der Waals surface area contributed by atoms with Crippen LogP contribution in [-0.4, -0.2) is 41.5 Å². The normalized spacial score (nSPS) is 13.9. The minimum absolute atomic E-state index is 0.0745. The molecule has 11 heteroatoms. The minimum Gasteiger partial charge on any atom is -0.493 e. The summed E-state index contributed by atoms with van der Waals surface area (Å²) < 4.78 is 11.6. The van der Waals surface area contributed by atoms with Gasteiger partial charge in [0.05, 0.1) is 23.6 Å². The fraction of sp³-hybridized carbons (Fsp3) is 0.280. The lowest BCUT2D eigenvalue weighted by atomic mass is 10.2. The number of amides is 2. The lowest BCUT2D eigenvalue weighted by Gasteiger charge is -2.10. The number of nitrogens with zero attached hydrogens (tertiary/aromatic N) is 2. The Morgan fingerprint density at radius 3 is 2.81 bits per heavy atom. The fourth-order valence-corrected chi connectivity index (χ4v) is 3.96. The molecule has 9 nitrogen and oxygen atoms in total. The highest BCUT2D eigenvalue weighted by molar-refractivity contribution is 7.14. The van der Waals surface area contributed by atoms with Crippen LogP contribution >= 0.6 is 22.9 Å². The Morgan fingerprint density at radius 1 is 1.22 bits per heavy atom. The molecule has 1 aliphatic carbocycles. The van der Waals surface area contributed by atoms with Crippen molar-refractivity contribution in [1.29, 1.82) is 0 Å². The third-order valence-electron chi connectivity index (χ3n) is 5.14. The lowest BCUT2D eigenvalue weighted by Crippen LogP contribution is -2.31. The van der Waals surface area contributed by atoms with E-state index in [1.165, 1.54) is 49.6 Å². The molecule has 1 atom stereocenters. The van der Waals surface area contributed by atoms with Crippen molar-refractivity contribution >= 4 is 40.8 Å². The molecular formula is C25H25ClN4O5S. The molecule has 2 N–H and O–H groups in total. The summed E-state index contributed by atoms with van der Waals surface area (Å²) in [5.74, 6) is 1.00. The van der Waals surface area contributed by atoms with Crippen molar-refractivity contribution in [3.05, 3.63) is 70.0 Å². The average molecular weight is 529 g/mol.